The maximum atomic E-state index is 2.43. The molecule has 0 fully saturated rings. The number of benzene rings is 1. The van der Waals surface area contributed by atoms with Crippen LogP contribution in [0.15, 0.2) is 30.3 Å². The summed E-state index contributed by atoms with van der Waals surface area (Å²) in [5.74, 6) is 0. The van der Waals surface area contributed by atoms with Crippen LogP contribution >= 0.6 is 7.26 Å². The van der Waals surface area contributed by atoms with Gasteiger partial charge in [0.1, 0.15) is 0 Å². The molecule has 0 spiro atoms. The Hall–Kier alpha value is 0.130. The highest BCUT2D eigenvalue weighted by molar-refractivity contribution is 7.73. The molecule has 1 aromatic carbocycles. The van der Waals surface area contributed by atoms with Gasteiger partial charge in [0, 0.05) is 20.6 Å². The predicted octanol–water partition coefficient (Wildman–Crippen LogP) is 0.488. The summed E-state index contributed by atoms with van der Waals surface area (Å²) in [5.41, 5.74) is 1.50. The molecule has 0 N–H and O–H groups in total. The summed E-state index contributed by atoms with van der Waals surface area (Å²) < 4.78 is 0. The predicted molar refractivity (Wildman–Crippen MR) is 59.5 cm³/mol. The molecule has 0 saturated heterocycles. The average molecular weight is 261 g/mol. The van der Waals surface area contributed by atoms with Crippen molar-refractivity contribution in [3.8, 4) is 0 Å². The molecule has 74 valence electrons. The Morgan fingerprint density at radius 2 is 1.62 bits per heavy atom. The summed E-state index contributed by atoms with van der Waals surface area (Å²) >= 11 is 0. The molecule has 0 saturated carbocycles. The number of halogens is 1. The van der Waals surface area contributed by atoms with Gasteiger partial charge in [-0.25, -0.2) is 0 Å². The second-order valence-corrected chi connectivity index (χ2v) is 8.72. The van der Waals surface area contributed by atoms with Gasteiger partial charge in [-0.15, -0.1) is 0 Å². The lowest BCUT2D eigenvalue weighted by Gasteiger charge is -2.15. The Morgan fingerprint density at radius 3 is 2.08 bits per heavy atom. The highest BCUT2D eigenvalue weighted by Gasteiger charge is 2.21. The van der Waals surface area contributed by atoms with Crippen LogP contribution in [-0.4, -0.2) is 19.5 Å². The van der Waals surface area contributed by atoms with E-state index >= 15 is 0 Å². The third-order valence-electron chi connectivity index (χ3n) is 2.31. The largest absolute Gasteiger partial charge is 1.00 e. The van der Waals surface area contributed by atoms with E-state index in [1.165, 1.54) is 17.9 Å². The number of hydrogen-bond donors (Lipinski definition) is 0. The third-order valence-corrected chi connectivity index (χ3v) is 5.24. The molecule has 0 nitrogen and oxygen atoms in total. The lowest BCUT2D eigenvalue weighted by molar-refractivity contribution is -0.00000280. The molecule has 0 radical (unpaired) electrons. The van der Waals surface area contributed by atoms with Crippen LogP contribution in [0.25, 0.3) is 0 Å². The zero-order chi connectivity index (χ0) is 9.03. The van der Waals surface area contributed by atoms with E-state index in [1.54, 1.807) is 0 Å². The van der Waals surface area contributed by atoms with Crippen LogP contribution in [0.3, 0.4) is 0 Å². The van der Waals surface area contributed by atoms with Crippen LogP contribution in [0.5, 0.6) is 0 Å². The van der Waals surface area contributed by atoms with E-state index in [1.807, 2.05) is 0 Å². The smallest absolute Gasteiger partial charge is 0.0837 e. The molecule has 2 heteroatoms. The zero-order valence-electron chi connectivity index (χ0n) is 8.63. The van der Waals surface area contributed by atoms with Crippen LogP contribution in [0.1, 0.15) is 12.5 Å². The summed E-state index contributed by atoms with van der Waals surface area (Å²) in [6.07, 6.45) is 2.65. The first kappa shape index (κ1) is 13.1. The quantitative estimate of drug-likeness (QED) is 0.695. The van der Waals surface area contributed by atoms with Gasteiger partial charge in [-0.1, -0.05) is 30.3 Å². The van der Waals surface area contributed by atoms with Crippen molar-refractivity contribution in [2.75, 3.05) is 19.5 Å². The van der Waals surface area contributed by atoms with Crippen molar-refractivity contribution in [2.24, 2.45) is 0 Å². The Bertz CT molecular complexity index is 231. The van der Waals surface area contributed by atoms with E-state index in [-0.39, 0.29) is 17.0 Å². The van der Waals surface area contributed by atoms with Crippen molar-refractivity contribution in [3.05, 3.63) is 35.9 Å². The molecule has 0 aliphatic heterocycles. The van der Waals surface area contributed by atoms with E-state index in [0.717, 1.165) is 0 Å². The van der Waals surface area contributed by atoms with E-state index in [0.29, 0.717) is 0 Å². The van der Waals surface area contributed by atoms with Gasteiger partial charge in [0.05, 0.1) is 12.3 Å². The van der Waals surface area contributed by atoms with Gasteiger partial charge < -0.3 is 17.0 Å². The second-order valence-electron chi connectivity index (χ2n) is 3.90. The van der Waals surface area contributed by atoms with Crippen molar-refractivity contribution in [1.29, 1.82) is 0 Å². The molecule has 0 aliphatic rings. The molecular formula is C11H18BrP. The van der Waals surface area contributed by atoms with Crippen molar-refractivity contribution >= 4 is 7.26 Å². The van der Waals surface area contributed by atoms with Gasteiger partial charge in [0.15, 0.2) is 0 Å². The monoisotopic (exact) mass is 260 g/mol. The summed E-state index contributed by atoms with van der Waals surface area (Å²) in [4.78, 5) is 0. The fourth-order valence-corrected chi connectivity index (χ4v) is 2.61. The maximum Gasteiger partial charge on any atom is 0.0837 e. The first-order valence-corrected chi connectivity index (χ1v) is 7.55. The Balaban J connectivity index is 0.00000144. The molecule has 1 aromatic rings. The molecule has 0 bridgehead atoms. The van der Waals surface area contributed by atoms with Crippen LogP contribution in [0.4, 0.5) is 0 Å². The number of hydrogen-bond acceptors (Lipinski definition) is 0. The van der Waals surface area contributed by atoms with Crippen molar-refractivity contribution in [3.63, 3.8) is 0 Å². The SMILES string of the molecule is CC[P+](C)(C)Cc1ccccc1.[Br-]. The Kier molecular flexibility index (Phi) is 5.83. The van der Waals surface area contributed by atoms with Gasteiger partial charge in [-0.3, -0.25) is 0 Å². The maximum absolute atomic E-state index is 2.43. The highest BCUT2D eigenvalue weighted by Crippen LogP contribution is 2.53. The molecule has 0 amide bonds. The summed E-state index contributed by atoms with van der Waals surface area (Å²) in [5, 5.41) is 0. The molecule has 0 atom stereocenters. The normalized spacial score (nSPS) is 10.7. The molecule has 0 aromatic heterocycles. The molecule has 0 aliphatic carbocycles. The van der Waals surface area contributed by atoms with Gasteiger partial charge in [0.2, 0.25) is 0 Å². The molecule has 0 unspecified atom stereocenters. The summed E-state index contributed by atoms with van der Waals surface area (Å²) in [7, 11) is -0.645. The van der Waals surface area contributed by atoms with Gasteiger partial charge in [-0.05, 0) is 12.5 Å². The third kappa shape index (κ3) is 4.78. The van der Waals surface area contributed by atoms with Crippen molar-refractivity contribution < 1.29 is 17.0 Å². The lowest BCUT2D eigenvalue weighted by atomic mass is 10.2. The Morgan fingerprint density at radius 1 is 1.08 bits per heavy atom. The summed E-state index contributed by atoms with van der Waals surface area (Å²) in [6, 6.07) is 10.8. The van der Waals surface area contributed by atoms with Crippen LogP contribution in [0.2, 0.25) is 0 Å². The van der Waals surface area contributed by atoms with Crippen molar-refractivity contribution in [1.82, 2.24) is 0 Å². The Labute approximate surface area is 92.9 Å². The standard InChI is InChI=1S/C11H18P.BrH/c1-4-12(2,3)10-11-8-6-5-7-9-11;/h5-9H,4,10H2,1-3H3;1H/q+1;/p-1. The topological polar surface area (TPSA) is 0 Å². The summed E-state index contributed by atoms with van der Waals surface area (Å²) in [6.45, 7) is 7.16. The zero-order valence-corrected chi connectivity index (χ0v) is 11.1. The van der Waals surface area contributed by atoms with Crippen LogP contribution < -0.4 is 17.0 Å². The van der Waals surface area contributed by atoms with E-state index in [4.69, 9.17) is 0 Å². The number of rotatable bonds is 3. The average Bonchev–Trinajstić information content (AvgIpc) is 2.06. The second kappa shape index (κ2) is 5.78. The fraction of sp³-hybridized carbons (Fsp3) is 0.455. The lowest BCUT2D eigenvalue weighted by Crippen LogP contribution is -3.00. The van der Waals surface area contributed by atoms with E-state index in [9.17, 15) is 0 Å². The van der Waals surface area contributed by atoms with E-state index in [2.05, 4.69) is 50.6 Å². The van der Waals surface area contributed by atoms with Crippen molar-refractivity contribution in [2.45, 2.75) is 13.1 Å². The van der Waals surface area contributed by atoms with Gasteiger partial charge in [-0.2, -0.15) is 0 Å². The van der Waals surface area contributed by atoms with Crippen LogP contribution in [-0.2, 0) is 6.16 Å². The molecule has 0 heterocycles. The molecular weight excluding hydrogens is 243 g/mol. The minimum absolute atomic E-state index is 0. The van der Waals surface area contributed by atoms with Gasteiger partial charge >= 0.3 is 0 Å². The first-order valence-electron chi connectivity index (χ1n) is 4.50. The minimum atomic E-state index is -0.645. The fourth-order valence-electron chi connectivity index (χ4n) is 1.19. The van der Waals surface area contributed by atoms with E-state index < -0.39 is 7.26 Å². The molecule has 13 heavy (non-hydrogen) atoms. The molecule has 1 rings (SSSR count). The minimum Gasteiger partial charge on any atom is -1.00 e. The first-order chi connectivity index (χ1) is 5.64. The van der Waals surface area contributed by atoms with Gasteiger partial charge in [0.25, 0.3) is 0 Å². The van der Waals surface area contributed by atoms with Crippen LogP contribution in [0, 0.1) is 0 Å². The highest BCUT2D eigenvalue weighted by atomic mass is 79.9.